The molecule has 3 fully saturated rings. The van der Waals surface area contributed by atoms with Crippen LogP contribution in [0.2, 0.25) is 0 Å². The van der Waals surface area contributed by atoms with E-state index in [2.05, 4.69) is 20.9 Å². The summed E-state index contributed by atoms with van der Waals surface area (Å²) >= 11 is 0. The zero-order valence-corrected chi connectivity index (χ0v) is 15.3. The molecule has 2 aliphatic heterocycles. The van der Waals surface area contributed by atoms with Crippen molar-refractivity contribution in [2.45, 2.75) is 63.3 Å². The Kier molecular flexibility index (Phi) is 5.51. The summed E-state index contributed by atoms with van der Waals surface area (Å²) in [6, 6.07) is 2.79. The molecule has 0 aromatic carbocycles. The number of piperidine rings is 2. The van der Waals surface area contributed by atoms with Gasteiger partial charge >= 0.3 is 0 Å². The van der Waals surface area contributed by atoms with Gasteiger partial charge in [-0.3, -0.25) is 4.90 Å². The molecule has 1 atom stereocenters. The average molecular weight is 345 g/mol. The third-order valence-corrected chi connectivity index (χ3v) is 6.51. The van der Waals surface area contributed by atoms with Gasteiger partial charge in [0.05, 0.1) is 0 Å². The van der Waals surface area contributed by atoms with Crippen LogP contribution in [-0.4, -0.2) is 58.8 Å². The van der Waals surface area contributed by atoms with E-state index in [0.717, 1.165) is 25.6 Å². The molecule has 5 heteroatoms. The topological polar surface area (TPSA) is 52.5 Å². The Morgan fingerprint density at radius 2 is 1.80 bits per heavy atom. The third kappa shape index (κ3) is 3.98. The van der Waals surface area contributed by atoms with Crippen LogP contribution in [0.25, 0.3) is 0 Å². The van der Waals surface area contributed by atoms with Gasteiger partial charge in [0.15, 0.2) is 0 Å². The van der Waals surface area contributed by atoms with E-state index in [0.29, 0.717) is 24.5 Å². The number of nitrogens with zero attached hydrogens (tertiary/aromatic N) is 4. The number of aromatic nitrogens is 2. The molecule has 5 nitrogen and oxygen atoms in total. The zero-order valence-electron chi connectivity index (χ0n) is 15.3. The molecule has 25 heavy (non-hydrogen) atoms. The van der Waals surface area contributed by atoms with Crippen molar-refractivity contribution in [2.75, 3.05) is 37.7 Å². The Bertz CT molecular complexity index is 552. The second-order valence-electron chi connectivity index (χ2n) is 8.17. The van der Waals surface area contributed by atoms with E-state index < -0.39 is 0 Å². The van der Waals surface area contributed by atoms with Gasteiger partial charge in [-0.25, -0.2) is 9.97 Å². The number of hydrogen-bond donors (Lipinski definition) is 1. The van der Waals surface area contributed by atoms with E-state index in [1.54, 1.807) is 0 Å². The maximum Gasteiger partial charge on any atom is 0.225 e. The first-order valence-corrected chi connectivity index (χ1v) is 10.3. The number of likely N-dealkylation sites (tertiary alicyclic amines) is 1. The van der Waals surface area contributed by atoms with Crippen molar-refractivity contribution in [3.63, 3.8) is 0 Å². The quantitative estimate of drug-likeness (QED) is 0.910. The molecule has 0 radical (unpaired) electrons. The molecule has 1 unspecified atom stereocenters. The number of rotatable bonds is 4. The summed E-state index contributed by atoms with van der Waals surface area (Å²) in [4.78, 5) is 14.5. The molecule has 0 bridgehead atoms. The molecule has 0 spiro atoms. The summed E-state index contributed by atoms with van der Waals surface area (Å²) < 4.78 is 0. The summed E-state index contributed by atoms with van der Waals surface area (Å²) in [6.45, 7) is 4.74. The maximum absolute atomic E-state index is 9.46. The molecule has 1 aliphatic carbocycles. The lowest BCUT2D eigenvalue weighted by molar-refractivity contribution is 0.0776. The highest BCUT2D eigenvalue weighted by molar-refractivity contribution is 5.32. The molecule has 1 aromatic rings. The van der Waals surface area contributed by atoms with Crippen LogP contribution in [0.1, 0.15) is 63.0 Å². The molecule has 4 rings (SSSR count). The summed E-state index contributed by atoms with van der Waals surface area (Å²) in [7, 11) is 0. The lowest BCUT2D eigenvalue weighted by atomic mass is 9.94. The number of hydrogen-bond acceptors (Lipinski definition) is 5. The van der Waals surface area contributed by atoms with Crippen LogP contribution in [0.15, 0.2) is 12.3 Å². The van der Waals surface area contributed by atoms with Crippen molar-refractivity contribution in [3.8, 4) is 0 Å². The predicted octanol–water partition coefficient (Wildman–Crippen LogP) is 2.81. The van der Waals surface area contributed by atoms with E-state index in [1.165, 1.54) is 63.6 Å². The second kappa shape index (κ2) is 8.00. The first-order valence-electron chi connectivity index (χ1n) is 10.3. The fourth-order valence-electron chi connectivity index (χ4n) is 4.97. The van der Waals surface area contributed by atoms with Crippen LogP contribution in [0.4, 0.5) is 5.95 Å². The Balaban J connectivity index is 1.35. The minimum Gasteiger partial charge on any atom is -0.396 e. The lowest BCUT2D eigenvalue weighted by Crippen LogP contribution is -2.49. The predicted molar refractivity (Wildman–Crippen MR) is 99.9 cm³/mol. The van der Waals surface area contributed by atoms with Gasteiger partial charge in [-0.05, 0) is 57.1 Å². The monoisotopic (exact) mass is 344 g/mol. The summed E-state index contributed by atoms with van der Waals surface area (Å²) in [5, 5.41) is 9.46. The Morgan fingerprint density at radius 3 is 2.56 bits per heavy atom. The largest absolute Gasteiger partial charge is 0.396 e. The summed E-state index contributed by atoms with van der Waals surface area (Å²) in [5.74, 6) is 2.08. The van der Waals surface area contributed by atoms with Crippen molar-refractivity contribution in [1.29, 1.82) is 0 Å². The molecule has 3 heterocycles. The highest BCUT2D eigenvalue weighted by Gasteiger charge is 2.29. The van der Waals surface area contributed by atoms with Gasteiger partial charge in [0.2, 0.25) is 5.95 Å². The van der Waals surface area contributed by atoms with Gasteiger partial charge in [0.1, 0.15) is 0 Å². The number of anilines is 1. The fraction of sp³-hybridized carbons (Fsp3) is 0.800. The van der Waals surface area contributed by atoms with E-state index in [4.69, 9.17) is 4.98 Å². The van der Waals surface area contributed by atoms with Gasteiger partial charge in [-0.15, -0.1) is 0 Å². The van der Waals surface area contributed by atoms with Crippen molar-refractivity contribution in [2.24, 2.45) is 5.92 Å². The normalized spacial score (nSPS) is 27.1. The average Bonchev–Trinajstić information content (AvgIpc) is 3.23. The highest BCUT2D eigenvalue weighted by Crippen LogP contribution is 2.33. The smallest absolute Gasteiger partial charge is 0.225 e. The Morgan fingerprint density at radius 1 is 1.00 bits per heavy atom. The molecule has 1 N–H and O–H groups in total. The van der Waals surface area contributed by atoms with Crippen LogP contribution in [0.3, 0.4) is 0 Å². The molecule has 1 aromatic heterocycles. The standard InChI is InChI=1S/C20H32N4O/c25-15-16-4-3-11-24(14-16)18-8-12-23(13-9-18)20-21-10-7-19(22-20)17-5-1-2-6-17/h7,10,16-18,25H,1-6,8-9,11-15H2. The molecule has 3 aliphatic rings. The van der Waals surface area contributed by atoms with Crippen molar-refractivity contribution in [1.82, 2.24) is 14.9 Å². The van der Waals surface area contributed by atoms with Gasteiger partial charge < -0.3 is 10.0 Å². The minimum absolute atomic E-state index is 0.344. The first-order chi connectivity index (χ1) is 12.3. The lowest BCUT2D eigenvalue weighted by Gasteiger charge is -2.42. The minimum atomic E-state index is 0.344. The second-order valence-corrected chi connectivity index (χ2v) is 8.17. The number of aliphatic hydroxyl groups is 1. The van der Waals surface area contributed by atoms with Gasteiger partial charge in [0, 0.05) is 50.1 Å². The van der Waals surface area contributed by atoms with Gasteiger partial charge in [-0.2, -0.15) is 0 Å². The fourth-order valence-corrected chi connectivity index (χ4v) is 4.97. The van der Waals surface area contributed by atoms with E-state index in [-0.39, 0.29) is 0 Å². The summed E-state index contributed by atoms with van der Waals surface area (Å²) in [5.41, 5.74) is 1.26. The summed E-state index contributed by atoms with van der Waals surface area (Å²) in [6.07, 6.45) is 12.0. The van der Waals surface area contributed by atoms with Crippen molar-refractivity contribution < 1.29 is 5.11 Å². The molecular formula is C20H32N4O. The van der Waals surface area contributed by atoms with Gasteiger partial charge in [-0.1, -0.05) is 12.8 Å². The SMILES string of the molecule is OCC1CCCN(C2CCN(c3nccc(C4CCCC4)n3)CC2)C1. The molecular weight excluding hydrogens is 312 g/mol. The van der Waals surface area contributed by atoms with E-state index in [1.807, 2.05) is 6.20 Å². The molecule has 138 valence electrons. The first kappa shape index (κ1) is 17.2. The van der Waals surface area contributed by atoms with E-state index in [9.17, 15) is 5.11 Å². The Hall–Kier alpha value is -1.20. The molecule has 1 saturated carbocycles. The van der Waals surface area contributed by atoms with Crippen LogP contribution < -0.4 is 4.90 Å². The highest BCUT2D eigenvalue weighted by atomic mass is 16.3. The number of aliphatic hydroxyl groups excluding tert-OH is 1. The Labute approximate surface area is 151 Å². The van der Waals surface area contributed by atoms with Crippen LogP contribution in [-0.2, 0) is 0 Å². The third-order valence-electron chi connectivity index (χ3n) is 6.51. The van der Waals surface area contributed by atoms with Crippen molar-refractivity contribution >= 4 is 5.95 Å². The van der Waals surface area contributed by atoms with E-state index >= 15 is 0 Å². The van der Waals surface area contributed by atoms with Crippen LogP contribution in [0, 0.1) is 5.92 Å². The van der Waals surface area contributed by atoms with Crippen molar-refractivity contribution in [3.05, 3.63) is 18.0 Å². The maximum atomic E-state index is 9.46. The molecule has 0 amide bonds. The van der Waals surface area contributed by atoms with Crippen LogP contribution >= 0.6 is 0 Å². The zero-order chi connectivity index (χ0) is 17.1. The molecule has 2 saturated heterocycles. The van der Waals surface area contributed by atoms with Crippen LogP contribution in [0.5, 0.6) is 0 Å². The van der Waals surface area contributed by atoms with Gasteiger partial charge in [0.25, 0.3) is 0 Å².